The van der Waals surface area contributed by atoms with Crippen molar-refractivity contribution >= 4 is 21.6 Å². The van der Waals surface area contributed by atoms with E-state index in [1.54, 1.807) is 60.7 Å². The summed E-state index contributed by atoms with van der Waals surface area (Å²) < 4.78 is 32.8. The molecule has 0 aliphatic rings. The first kappa shape index (κ1) is 19.6. The molecule has 0 saturated heterocycles. The molecule has 6 heteroatoms. The molecule has 0 unspecified atom stereocenters. The number of benzene rings is 3. The van der Waals surface area contributed by atoms with Gasteiger partial charge in [0.15, 0.2) is 6.61 Å². The van der Waals surface area contributed by atoms with Crippen LogP contribution in [0.1, 0.15) is 11.1 Å². The summed E-state index contributed by atoms with van der Waals surface area (Å²) in [6.07, 6.45) is 0. The van der Waals surface area contributed by atoms with Gasteiger partial charge in [-0.05, 0) is 50.2 Å². The minimum Gasteiger partial charge on any atom is -0.484 e. The first-order valence-corrected chi connectivity index (χ1v) is 10.2. The molecule has 0 atom stereocenters. The van der Waals surface area contributed by atoms with Crippen molar-refractivity contribution in [2.75, 3.05) is 10.9 Å². The average molecular weight is 395 g/mol. The second-order valence-electron chi connectivity index (χ2n) is 6.41. The Balaban J connectivity index is 1.96. The van der Waals surface area contributed by atoms with E-state index in [9.17, 15) is 13.2 Å². The van der Waals surface area contributed by atoms with Crippen LogP contribution in [0.25, 0.3) is 0 Å². The quantitative estimate of drug-likeness (QED) is 0.630. The molecular formula is C22H21NO4S. The van der Waals surface area contributed by atoms with E-state index >= 15 is 0 Å². The molecule has 144 valence electrons. The van der Waals surface area contributed by atoms with Gasteiger partial charge in [0.2, 0.25) is 0 Å². The van der Waals surface area contributed by atoms with Crippen LogP contribution in [0.5, 0.6) is 5.75 Å². The molecular weight excluding hydrogens is 374 g/mol. The third-order valence-electron chi connectivity index (χ3n) is 4.16. The zero-order valence-electron chi connectivity index (χ0n) is 15.7. The molecule has 3 aromatic carbocycles. The highest BCUT2D eigenvalue weighted by Crippen LogP contribution is 2.25. The number of ether oxygens (including phenoxy) is 1. The Kier molecular flexibility index (Phi) is 5.80. The zero-order valence-corrected chi connectivity index (χ0v) is 16.5. The van der Waals surface area contributed by atoms with Gasteiger partial charge in [-0.25, -0.2) is 8.42 Å². The normalized spacial score (nSPS) is 11.1. The van der Waals surface area contributed by atoms with E-state index in [1.165, 1.54) is 12.1 Å². The van der Waals surface area contributed by atoms with Crippen LogP contribution in [0.3, 0.4) is 0 Å². The maximum absolute atomic E-state index is 13.2. The molecule has 5 nitrogen and oxygen atoms in total. The van der Waals surface area contributed by atoms with Crippen LogP contribution < -0.4 is 9.04 Å². The fraction of sp³-hybridized carbons (Fsp3) is 0.136. The summed E-state index contributed by atoms with van der Waals surface area (Å²) >= 11 is 0. The molecule has 1 amide bonds. The minimum absolute atomic E-state index is 0.0479. The predicted molar refractivity (Wildman–Crippen MR) is 109 cm³/mol. The van der Waals surface area contributed by atoms with Gasteiger partial charge in [0.1, 0.15) is 5.75 Å². The Bertz CT molecular complexity index is 1040. The molecule has 0 fully saturated rings. The SMILES string of the molecule is Cc1ccc(N(C(=O)COc2ccccc2)S(=O)(=O)c2ccc(C)cc2)cc1. The number of hydrogen-bond acceptors (Lipinski definition) is 4. The van der Waals surface area contributed by atoms with E-state index in [0.29, 0.717) is 5.75 Å². The van der Waals surface area contributed by atoms with E-state index in [4.69, 9.17) is 4.74 Å². The summed E-state index contributed by atoms with van der Waals surface area (Å²) in [5.41, 5.74) is 2.16. The van der Waals surface area contributed by atoms with Gasteiger partial charge in [-0.1, -0.05) is 53.6 Å². The lowest BCUT2D eigenvalue weighted by Gasteiger charge is -2.23. The van der Waals surface area contributed by atoms with E-state index in [1.807, 2.05) is 19.9 Å². The van der Waals surface area contributed by atoms with Crippen LogP contribution >= 0.6 is 0 Å². The number of carbonyl (C=O) groups is 1. The lowest BCUT2D eigenvalue weighted by Crippen LogP contribution is -2.40. The molecule has 28 heavy (non-hydrogen) atoms. The van der Waals surface area contributed by atoms with E-state index in [-0.39, 0.29) is 10.6 Å². The van der Waals surface area contributed by atoms with Crippen LogP contribution in [0.2, 0.25) is 0 Å². The van der Waals surface area contributed by atoms with E-state index < -0.39 is 22.5 Å². The summed E-state index contributed by atoms with van der Waals surface area (Å²) in [6, 6.07) is 21.9. The van der Waals surface area contributed by atoms with Crippen molar-refractivity contribution in [1.82, 2.24) is 0 Å². The first-order chi connectivity index (χ1) is 13.4. The van der Waals surface area contributed by atoms with Crippen molar-refractivity contribution in [2.45, 2.75) is 18.7 Å². The summed E-state index contributed by atoms with van der Waals surface area (Å²) in [5.74, 6) is -0.180. The highest BCUT2D eigenvalue weighted by molar-refractivity contribution is 7.93. The topological polar surface area (TPSA) is 63.7 Å². The Hall–Kier alpha value is -3.12. The van der Waals surface area contributed by atoms with Crippen molar-refractivity contribution < 1.29 is 17.9 Å². The predicted octanol–water partition coefficient (Wildman–Crippen LogP) is 4.10. The van der Waals surface area contributed by atoms with Crippen molar-refractivity contribution in [3.8, 4) is 5.75 Å². The molecule has 0 aliphatic carbocycles. The smallest absolute Gasteiger partial charge is 0.278 e. The largest absolute Gasteiger partial charge is 0.484 e. The van der Waals surface area contributed by atoms with Crippen molar-refractivity contribution in [1.29, 1.82) is 0 Å². The fourth-order valence-electron chi connectivity index (χ4n) is 2.63. The Morgan fingerprint density at radius 3 is 1.93 bits per heavy atom. The van der Waals surface area contributed by atoms with Crippen LogP contribution in [0.15, 0.2) is 83.8 Å². The molecule has 0 bridgehead atoms. The van der Waals surface area contributed by atoms with Crippen LogP contribution in [0, 0.1) is 13.8 Å². The summed E-state index contributed by atoms with van der Waals surface area (Å²) in [5, 5.41) is 0. The van der Waals surface area contributed by atoms with Crippen molar-refractivity contribution in [3.05, 3.63) is 90.0 Å². The molecule has 0 aliphatic heterocycles. The number of aryl methyl sites for hydroxylation is 2. The number of rotatable bonds is 6. The third-order valence-corrected chi connectivity index (χ3v) is 5.92. The van der Waals surface area contributed by atoms with Gasteiger partial charge in [0, 0.05) is 0 Å². The average Bonchev–Trinajstić information content (AvgIpc) is 2.69. The van der Waals surface area contributed by atoms with Gasteiger partial charge in [0.05, 0.1) is 10.6 Å². The van der Waals surface area contributed by atoms with Crippen LogP contribution in [-0.4, -0.2) is 20.9 Å². The second-order valence-corrected chi connectivity index (χ2v) is 8.20. The molecule has 0 spiro atoms. The van der Waals surface area contributed by atoms with Crippen molar-refractivity contribution in [2.24, 2.45) is 0 Å². The van der Waals surface area contributed by atoms with E-state index in [0.717, 1.165) is 15.4 Å². The molecule has 0 heterocycles. The lowest BCUT2D eigenvalue weighted by molar-refractivity contribution is -0.119. The molecule has 3 aromatic rings. The van der Waals surface area contributed by atoms with Crippen LogP contribution in [-0.2, 0) is 14.8 Å². The van der Waals surface area contributed by atoms with Gasteiger partial charge in [-0.2, -0.15) is 4.31 Å². The lowest BCUT2D eigenvalue weighted by atomic mass is 10.2. The molecule has 0 N–H and O–H groups in total. The number of nitrogens with zero attached hydrogens (tertiary/aromatic N) is 1. The third kappa shape index (κ3) is 4.40. The zero-order chi connectivity index (χ0) is 20.1. The van der Waals surface area contributed by atoms with Gasteiger partial charge >= 0.3 is 0 Å². The highest BCUT2D eigenvalue weighted by atomic mass is 32.2. The van der Waals surface area contributed by atoms with Crippen LogP contribution in [0.4, 0.5) is 5.69 Å². The molecule has 0 radical (unpaired) electrons. The minimum atomic E-state index is -4.08. The first-order valence-electron chi connectivity index (χ1n) is 8.77. The Morgan fingerprint density at radius 1 is 0.821 bits per heavy atom. The maximum Gasteiger partial charge on any atom is 0.278 e. The number of carbonyl (C=O) groups excluding carboxylic acids is 1. The molecule has 0 saturated carbocycles. The number of sulfonamides is 1. The standard InChI is InChI=1S/C22H21NO4S/c1-17-8-12-19(13-9-17)23(22(24)16-27-20-6-4-3-5-7-20)28(25,26)21-14-10-18(2)11-15-21/h3-15H,16H2,1-2H3. The monoisotopic (exact) mass is 395 g/mol. The van der Waals surface area contributed by atoms with E-state index in [2.05, 4.69) is 0 Å². The van der Waals surface area contributed by atoms with Gasteiger partial charge in [-0.3, -0.25) is 4.79 Å². The number of hydrogen-bond donors (Lipinski definition) is 0. The summed E-state index contributed by atoms with van der Waals surface area (Å²) in [6.45, 7) is 3.36. The van der Waals surface area contributed by atoms with Gasteiger partial charge < -0.3 is 4.74 Å². The fourth-order valence-corrected chi connectivity index (χ4v) is 4.04. The summed E-state index contributed by atoms with van der Waals surface area (Å²) in [4.78, 5) is 13.0. The Morgan fingerprint density at radius 2 is 1.36 bits per heavy atom. The summed E-state index contributed by atoms with van der Waals surface area (Å²) in [7, 11) is -4.08. The number of anilines is 1. The second kappa shape index (κ2) is 8.27. The maximum atomic E-state index is 13.2. The number of amides is 1. The van der Waals surface area contributed by atoms with Gasteiger partial charge in [-0.15, -0.1) is 0 Å². The van der Waals surface area contributed by atoms with Crippen molar-refractivity contribution in [3.63, 3.8) is 0 Å². The molecule has 0 aromatic heterocycles. The molecule has 3 rings (SSSR count). The Labute approximate surface area is 165 Å². The highest BCUT2D eigenvalue weighted by Gasteiger charge is 2.31. The number of para-hydroxylation sites is 1. The van der Waals surface area contributed by atoms with Gasteiger partial charge in [0.25, 0.3) is 15.9 Å².